The van der Waals surface area contributed by atoms with Gasteiger partial charge in [0.15, 0.2) is 0 Å². The van der Waals surface area contributed by atoms with E-state index in [1.165, 1.54) is 11.3 Å². The molecule has 0 saturated heterocycles. The molecule has 0 aliphatic rings. The molecule has 80 valence electrons. The zero-order chi connectivity index (χ0) is 11.3. The summed E-state index contributed by atoms with van der Waals surface area (Å²) in [6, 6.07) is 7.45. The highest BCUT2D eigenvalue weighted by Crippen LogP contribution is 2.32. The fourth-order valence-electron chi connectivity index (χ4n) is 1.78. The summed E-state index contributed by atoms with van der Waals surface area (Å²) in [5.41, 5.74) is 6.22. The number of aromatic nitrogens is 1. The predicted molar refractivity (Wildman–Crippen MR) is 67.2 cm³/mol. The Morgan fingerprint density at radius 2 is 2.12 bits per heavy atom. The van der Waals surface area contributed by atoms with Gasteiger partial charge < -0.3 is 10.7 Å². The van der Waals surface area contributed by atoms with E-state index in [1.54, 1.807) is 0 Å². The maximum atomic E-state index is 11.1. The molecule has 2 aromatic heterocycles. The predicted octanol–water partition coefficient (Wildman–Crippen LogP) is 3.13. The number of rotatable bonds is 1. The van der Waals surface area contributed by atoms with Crippen LogP contribution in [0.3, 0.4) is 0 Å². The van der Waals surface area contributed by atoms with Crippen LogP contribution in [0.5, 0.6) is 0 Å². The van der Waals surface area contributed by atoms with Gasteiger partial charge in [-0.25, -0.2) is 0 Å². The average Bonchev–Trinajstić information content (AvgIpc) is 2.73. The number of hydrogen-bond donors (Lipinski definition) is 2. The number of carbonyl (C=O) groups is 1. The van der Waals surface area contributed by atoms with Crippen LogP contribution in [-0.4, -0.2) is 10.9 Å². The molecule has 2 heterocycles. The van der Waals surface area contributed by atoms with Gasteiger partial charge in [-0.1, -0.05) is 17.7 Å². The van der Waals surface area contributed by atoms with E-state index in [1.807, 2.05) is 24.3 Å². The zero-order valence-electron chi connectivity index (χ0n) is 8.08. The van der Waals surface area contributed by atoms with Gasteiger partial charge in [0.1, 0.15) is 4.83 Å². The van der Waals surface area contributed by atoms with E-state index in [4.69, 9.17) is 17.3 Å². The van der Waals surface area contributed by atoms with E-state index in [0.717, 1.165) is 21.1 Å². The highest BCUT2D eigenvalue weighted by atomic mass is 35.5. The minimum atomic E-state index is -0.392. The smallest absolute Gasteiger partial charge is 0.258 e. The second kappa shape index (κ2) is 3.23. The van der Waals surface area contributed by atoms with Crippen molar-refractivity contribution in [2.24, 2.45) is 5.73 Å². The Morgan fingerprint density at radius 1 is 1.31 bits per heavy atom. The van der Waals surface area contributed by atoms with Gasteiger partial charge in [0.25, 0.3) is 5.91 Å². The van der Waals surface area contributed by atoms with Crippen LogP contribution in [-0.2, 0) is 0 Å². The molecule has 5 heteroatoms. The van der Waals surface area contributed by atoms with Gasteiger partial charge in [-0.2, -0.15) is 0 Å². The van der Waals surface area contributed by atoms with Gasteiger partial charge in [0.05, 0.1) is 4.88 Å². The minimum absolute atomic E-state index is 0.392. The van der Waals surface area contributed by atoms with Gasteiger partial charge in [-0.15, -0.1) is 11.3 Å². The summed E-state index contributed by atoms with van der Waals surface area (Å²) in [5.74, 6) is -0.392. The van der Waals surface area contributed by atoms with Gasteiger partial charge >= 0.3 is 0 Å². The number of thiophene rings is 1. The van der Waals surface area contributed by atoms with Crippen molar-refractivity contribution in [3.8, 4) is 0 Å². The number of fused-ring (bicyclic) bond motifs is 3. The van der Waals surface area contributed by atoms with Gasteiger partial charge in [0, 0.05) is 21.3 Å². The van der Waals surface area contributed by atoms with E-state index in [-0.39, 0.29) is 0 Å². The lowest BCUT2D eigenvalue weighted by Crippen LogP contribution is -2.08. The van der Waals surface area contributed by atoms with Gasteiger partial charge in [-0.3, -0.25) is 4.79 Å². The number of benzene rings is 1. The van der Waals surface area contributed by atoms with E-state index in [0.29, 0.717) is 9.90 Å². The first-order valence-corrected chi connectivity index (χ1v) is 5.85. The van der Waals surface area contributed by atoms with Crippen molar-refractivity contribution >= 4 is 50.0 Å². The van der Waals surface area contributed by atoms with Crippen LogP contribution in [0, 0.1) is 0 Å². The number of primary amides is 1. The van der Waals surface area contributed by atoms with Crippen LogP contribution < -0.4 is 5.73 Å². The molecule has 1 aromatic carbocycles. The van der Waals surface area contributed by atoms with Crippen LogP contribution >= 0.6 is 22.9 Å². The number of amides is 1. The number of aromatic amines is 1. The van der Waals surface area contributed by atoms with Crippen molar-refractivity contribution < 1.29 is 4.79 Å². The molecule has 0 fully saturated rings. The third-order valence-electron chi connectivity index (χ3n) is 2.49. The topological polar surface area (TPSA) is 58.9 Å². The van der Waals surface area contributed by atoms with E-state index in [2.05, 4.69) is 4.98 Å². The van der Waals surface area contributed by atoms with Crippen molar-refractivity contribution in [3.63, 3.8) is 0 Å². The Kier molecular flexibility index (Phi) is 1.96. The molecule has 1 amide bonds. The zero-order valence-corrected chi connectivity index (χ0v) is 9.65. The average molecular weight is 251 g/mol. The third kappa shape index (κ3) is 1.31. The lowest BCUT2D eigenvalue weighted by Gasteiger charge is -1.91. The van der Waals surface area contributed by atoms with Crippen LogP contribution in [0.2, 0.25) is 5.02 Å². The van der Waals surface area contributed by atoms with Gasteiger partial charge in [-0.05, 0) is 18.2 Å². The molecule has 3 N–H and O–H groups in total. The number of carbonyl (C=O) groups excluding carboxylic acids is 1. The molecule has 0 aliphatic carbocycles. The number of nitrogens with two attached hydrogens (primary N) is 1. The lowest BCUT2D eigenvalue weighted by molar-refractivity contribution is 0.100. The second-order valence-corrected chi connectivity index (χ2v) is 5.02. The Morgan fingerprint density at radius 3 is 2.88 bits per heavy atom. The Hall–Kier alpha value is -1.52. The van der Waals surface area contributed by atoms with Crippen molar-refractivity contribution in [1.82, 2.24) is 4.98 Å². The maximum absolute atomic E-state index is 11.1. The monoisotopic (exact) mass is 250 g/mol. The first-order valence-electron chi connectivity index (χ1n) is 4.66. The molecule has 0 saturated carbocycles. The summed E-state index contributed by atoms with van der Waals surface area (Å²) in [5, 5.41) is 2.77. The van der Waals surface area contributed by atoms with E-state index < -0.39 is 5.91 Å². The number of H-pyrrole nitrogens is 1. The molecule has 0 aliphatic heterocycles. The molecular formula is C11H7ClN2OS. The summed E-state index contributed by atoms with van der Waals surface area (Å²) in [6.45, 7) is 0. The summed E-state index contributed by atoms with van der Waals surface area (Å²) in [7, 11) is 0. The van der Waals surface area contributed by atoms with E-state index in [9.17, 15) is 4.79 Å². The van der Waals surface area contributed by atoms with Crippen molar-refractivity contribution in [2.75, 3.05) is 0 Å². The Labute approximate surface area is 99.8 Å². The molecule has 3 aromatic rings. The number of nitrogens with one attached hydrogen (secondary N) is 1. The normalized spacial score (nSPS) is 11.3. The second-order valence-electron chi connectivity index (χ2n) is 3.53. The highest BCUT2D eigenvalue weighted by molar-refractivity contribution is 7.20. The number of halogens is 1. The van der Waals surface area contributed by atoms with Crippen LogP contribution in [0.25, 0.3) is 21.1 Å². The van der Waals surface area contributed by atoms with Crippen LogP contribution in [0.15, 0.2) is 24.3 Å². The largest absolute Gasteiger partial charge is 0.365 e. The highest BCUT2D eigenvalue weighted by Gasteiger charge is 2.11. The molecule has 16 heavy (non-hydrogen) atoms. The van der Waals surface area contributed by atoms with Crippen LogP contribution in [0.4, 0.5) is 0 Å². The Balaban J connectivity index is 2.38. The molecule has 3 nitrogen and oxygen atoms in total. The molecule has 0 radical (unpaired) electrons. The lowest BCUT2D eigenvalue weighted by atomic mass is 10.2. The first kappa shape index (κ1) is 9.69. The molecule has 3 rings (SSSR count). The Bertz CT molecular complexity index is 713. The minimum Gasteiger partial charge on any atom is -0.365 e. The first-order chi connectivity index (χ1) is 7.65. The molecule has 0 unspecified atom stereocenters. The maximum Gasteiger partial charge on any atom is 0.258 e. The van der Waals surface area contributed by atoms with Crippen LogP contribution in [0.1, 0.15) is 9.67 Å². The third-order valence-corrected chi connectivity index (χ3v) is 3.80. The quantitative estimate of drug-likeness (QED) is 0.685. The molecule has 0 spiro atoms. The van der Waals surface area contributed by atoms with Gasteiger partial charge in [0.2, 0.25) is 0 Å². The molecular weight excluding hydrogens is 244 g/mol. The van der Waals surface area contributed by atoms with E-state index >= 15 is 0 Å². The van der Waals surface area contributed by atoms with Crippen molar-refractivity contribution in [3.05, 3.63) is 34.2 Å². The standard InChI is InChI=1S/C11H7ClN2OS/c12-5-1-2-6-7-4-9(10(13)15)16-11(7)14-8(6)3-5/h1-4,14H,(H2,13,15). The fourth-order valence-corrected chi connectivity index (χ4v) is 2.89. The molecule has 0 atom stereocenters. The summed E-state index contributed by atoms with van der Waals surface area (Å²) < 4.78 is 0. The summed E-state index contributed by atoms with van der Waals surface area (Å²) >= 11 is 7.27. The van der Waals surface area contributed by atoms with Crippen molar-refractivity contribution in [2.45, 2.75) is 0 Å². The van der Waals surface area contributed by atoms with Crippen molar-refractivity contribution in [1.29, 1.82) is 0 Å². The summed E-state index contributed by atoms with van der Waals surface area (Å²) in [4.78, 5) is 15.8. The number of hydrogen-bond acceptors (Lipinski definition) is 2. The summed E-state index contributed by atoms with van der Waals surface area (Å²) in [6.07, 6.45) is 0. The molecule has 0 bridgehead atoms. The fraction of sp³-hybridized carbons (Fsp3) is 0. The SMILES string of the molecule is NC(=O)c1cc2c([nH]c3cc(Cl)ccc32)s1.